The summed E-state index contributed by atoms with van der Waals surface area (Å²) in [4.78, 5) is 30.3. The number of carbonyl (C=O) groups is 2. The quantitative estimate of drug-likeness (QED) is 0.0468. The van der Waals surface area contributed by atoms with Gasteiger partial charge in [0.1, 0.15) is 11.6 Å². The summed E-state index contributed by atoms with van der Waals surface area (Å²) < 4.78 is 5.44. The molecule has 0 saturated carbocycles. The topological polar surface area (TPSA) is 153 Å². The van der Waals surface area contributed by atoms with E-state index in [0.29, 0.717) is 40.7 Å². The highest BCUT2D eigenvalue weighted by Crippen LogP contribution is 2.25. The summed E-state index contributed by atoms with van der Waals surface area (Å²) in [6.07, 6.45) is 10.5. The number of hydrogen-bond donors (Lipinski definition) is 3. The van der Waals surface area contributed by atoms with Gasteiger partial charge < -0.3 is 20.7 Å². The molecule has 0 aliphatic heterocycles. The number of amidine groups is 1. The molecule has 1 unspecified atom stereocenters. The molecule has 0 bridgehead atoms. The van der Waals surface area contributed by atoms with Gasteiger partial charge in [0.2, 0.25) is 11.2 Å². The van der Waals surface area contributed by atoms with Crippen LogP contribution in [-0.2, 0) is 25.6 Å². The number of esters is 1. The molecule has 1 atom stereocenters. The lowest BCUT2D eigenvalue weighted by molar-refractivity contribution is -0.154. The largest absolute Gasteiger partial charge is 0.447 e. The van der Waals surface area contributed by atoms with Gasteiger partial charge in [-0.25, -0.2) is 0 Å². The number of nitrogens with one attached hydrogen (secondary N) is 2. The number of amides is 1. The van der Waals surface area contributed by atoms with E-state index in [1.165, 1.54) is 17.4 Å². The van der Waals surface area contributed by atoms with Crippen molar-refractivity contribution in [2.45, 2.75) is 51.6 Å². The Balaban J connectivity index is 1.82. The van der Waals surface area contributed by atoms with Crippen LogP contribution < -0.4 is 11.1 Å². The van der Waals surface area contributed by atoms with Crippen LogP contribution in [0.1, 0.15) is 55.7 Å². The maximum absolute atomic E-state index is 13.0. The number of ether oxygens (including phenoxy) is 1. The van der Waals surface area contributed by atoms with Crippen LogP contribution in [0.15, 0.2) is 78.5 Å². The van der Waals surface area contributed by atoms with Crippen LogP contribution in [0.3, 0.4) is 0 Å². The number of rotatable bonds is 18. The van der Waals surface area contributed by atoms with Crippen molar-refractivity contribution in [2.75, 3.05) is 11.9 Å². The van der Waals surface area contributed by atoms with E-state index in [2.05, 4.69) is 33.8 Å². The van der Waals surface area contributed by atoms with Gasteiger partial charge in [0, 0.05) is 29.1 Å². The minimum absolute atomic E-state index is 0.151. The minimum Gasteiger partial charge on any atom is -0.447 e. The lowest BCUT2D eigenvalue weighted by atomic mass is 10.1. The van der Waals surface area contributed by atoms with E-state index in [9.17, 15) is 9.59 Å². The van der Waals surface area contributed by atoms with E-state index in [0.717, 1.165) is 23.4 Å². The summed E-state index contributed by atoms with van der Waals surface area (Å²) in [6, 6.07) is 6.61. The van der Waals surface area contributed by atoms with Crippen molar-refractivity contribution in [3.63, 3.8) is 0 Å². The zero-order valence-electron chi connectivity index (χ0n) is 23.0. The molecule has 4 N–H and O–H groups in total. The molecule has 0 saturated heterocycles. The number of aromatic nitrogens is 2. The van der Waals surface area contributed by atoms with Crippen molar-refractivity contribution in [3.8, 4) is 0 Å². The normalized spacial score (nSPS) is 12.5. The van der Waals surface area contributed by atoms with Gasteiger partial charge in [-0.05, 0) is 55.5 Å². The van der Waals surface area contributed by atoms with Crippen LogP contribution in [0.25, 0.3) is 0 Å². The second-order valence-corrected chi connectivity index (χ2v) is 10.2. The Morgan fingerprint density at radius 1 is 1.24 bits per heavy atom. The molecule has 1 aromatic carbocycles. The number of benzene rings is 1. The monoisotopic (exact) mass is 598 g/mol. The SMILES string of the molecule is C=C/C=C(\C=C)CON=C(N)/C=C\C(=N)CCCCc1nnc(NC(=O)C(OC(=O)CCC)c2cccc(Cl)c2)s1. The average Bonchev–Trinajstić information content (AvgIpc) is 3.39. The van der Waals surface area contributed by atoms with Crippen LogP contribution in [0.5, 0.6) is 0 Å². The van der Waals surface area contributed by atoms with Gasteiger partial charge in [0.25, 0.3) is 5.91 Å². The van der Waals surface area contributed by atoms with E-state index < -0.39 is 18.0 Å². The molecule has 0 aliphatic rings. The van der Waals surface area contributed by atoms with E-state index in [1.807, 2.05) is 6.92 Å². The fourth-order valence-electron chi connectivity index (χ4n) is 3.31. The molecule has 41 heavy (non-hydrogen) atoms. The lowest BCUT2D eigenvalue weighted by Crippen LogP contribution is -2.25. The van der Waals surface area contributed by atoms with Crippen molar-refractivity contribution >= 4 is 51.5 Å². The molecule has 1 aromatic heterocycles. The van der Waals surface area contributed by atoms with Gasteiger partial charge in [-0.2, -0.15) is 0 Å². The fraction of sp³-hybridized carbons (Fsp3) is 0.310. The molecule has 0 fully saturated rings. The second kappa shape index (κ2) is 18.3. The molecule has 10 nitrogen and oxygen atoms in total. The van der Waals surface area contributed by atoms with Crippen LogP contribution in [0.2, 0.25) is 5.02 Å². The first-order chi connectivity index (χ1) is 19.7. The standard InChI is InChI=1S/C29H35ClN6O4S/c1-4-10-20(6-3)19-39-36-24(32)17-16-23(31)14-7-8-15-25-34-35-29(41-25)33-28(38)27(40-26(37)11-5-2)21-12-9-13-22(30)18-21/h4,6,9-10,12-13,16-18,27,31H,1,3,5,7-8,11,14-15,19H2,2H3,(H2,32,36)(H,33,35,38)/b17-16-,20-10+,31-23?. The van der Waals surface area contributed by atoms with Crippen LogP contribution in [0, 0.1) is 5.41 Å². The van der Waals surface area contributed by atoms with Crippen LogP contribution >= 0.6 is 22.9 Å². The summed E-state index contributed by atoms with van der Waals surface area (Å²) in [7, 11) is 0. The van der Waals surface area contributed by atoms with Crippen molar-refractivity contribution in [1.29, 1.82) is 5.41 Å². The van der Waals surface area contributed by atoms with E-state index in [1.54, 1.807) is 48.6 Å². The van der Waals surface area contributed by atoms with Gasteiger partial charge in [-0.15, -0.1) is 10.2 Å². The lowest BCUT2D eigenvalue weighted by Gasteiger charge is -2.17. The zero-order valence-corrected chi connectivity index (χ0v) is 24.5. The molecule has 1 amide bonds. The Bertz CT molecular complexity index is 1300. The molecule has 2 aromatic rings. The second-order valence-electron chi connectivity index (χ2n) is 8.70. The van der Waals surface area contributed by atoms with E-state index in [4.69, 9.17) is 32.3 Å². The number of allylic oxidation sites excluding steroid dienone is 3. The van der Waals surface area contributed by atoms with E-state index in [-0.39, 0.29) is 18.9 Å². The Kier molecular flexibility index (Phi) is 14.8. The third-order valence-electron chi connectivity index (χ3n) is 5.33. The molecular weight excluding hydrogens is 564 g/mol. The highest BCUT2D eigenvalue weighted by molar-refractivity contribution is 7.15. The van der Waals surface area contributed by atoms with Gasteiger partial charge in [0.15, 0.2) is 5.84 Å². The maximum Gasteiger partial charge on any atom is 0.306 e. The first-order valence-corrected chi connectivity index (χ1v) is 14.2. The average molecular weight is 599 g/mol. The Hall–Kier alpha value is -4.09. The van der Waals surface area contributed by atoms with Crippen molar-refractivity contribution < 1.29 is 19.2 Å². The van der Waals surface area contributed by atoms with Crippen LogP contribution in [-0.4, -0.2) is 40.2 Å². The molecule has 218 valence electrons. The Labute approximate surface area is 249 Å². The number of anilines is 1. The molecule has 2 rings (SSSR count). The molecule has 0 aliphatic carbocycles. The number of unbranched alkanes of at least 4 members (excludes halogenated alkanes) is 1. The van der Waals surface area contributed by atoms with Gasteiger partial charge >= 0.3 is 5.97 Å². The third-order valence-corrected chi connectivity index (χ3v) is 6.46. The highest BCUT2D eigenvalue weighted by Gasteiger charge is 2.26. The number of aryl methyl sites for hydroxylation is 1. The molecule has 1 heterocycles. The maximum atomic E-state index is 13.0. The van der Waals surface area contributed by atoms with E-state index >= 15 is 0 Å². The summed E-state index contributed by atoms with van der Waals surface area (Å²) in [6.45, 7) is 9.36. The fourth-order valence-corrected chi connectivity index (χ4v) is 4.30. The smallest absolute Gasteiger partial charge is 0.306 e. The number of nitrogens with zero attached hydrogens (tertiary/aromatic N) is 3. The van der Waals surface area contributed by atoms with Crippen molar-refractivity contribution in [1.82, 2.24) is 10.2 Å². The molecular formula is C29H35ClN6O4S. The Morgan fingerprint density at radius 3 is 2.76 bits per heavy atom. The highest BCUT2D eigenvalue weighted by atomic mass is 35.5. The summed E-state index contributed by atoms with van der Waals surface area (Å²) in [5.74, 6) is -0.867. The molecule has 0 radical (unpaired) electrons. The van der Waals surface area contributed by atoms with Crippen molar-refractivity contribution in [3.05, 3.63) is 89.0 Å². The molecule has 0 spiro atoms. The first kappa shape index (κ1) is 33.1. The van der Waals surface area contributed by atoms with Gasteiger partial charge in [0.05, 0.1) is 0 Å². The predicted molar refractivity (Wildman–Crippen MR) is 164 cm³/mol. The number of hydrogen-bond acceptors (Lipinski definition) is 9. The summed E-state index contributed by atoms with van der Waals surface area (Å²) in [5.41, 5.74) is 7.46. The Morgan fingerprint density at radius 2 is 2.05 bits per heavy atom. The van der Waals surface area contributed by atoms with Gasteiger partial charge in [-0.1, -0.05) is 78.5 Å². The number of nitrogens with two attached hydrogens (primary N) is 1. The number of carbonyl (C=O) groups excluding carboxylic acids is 2. The zero-order chi connectivity index (χ0) is 30.0. The number of oxime groups is 1. The first-order valence-electron chi connectivity index (χ1n) is 13.0. The van der Waals surface area contributed by atoms with Gasteiger partial charge in [-0.3, -0.25) is 14.9 Å². The number of halogens is 1. The third kappa shape index (κ3) is 12.7. The van der Waals surface area contributed by atoms with Crippen molar-refractivity contribution in [2.24, 2.45) is 10.9 Å². The summed E-state index contributed by atoms with van der Waals surface area (Å²) >= 11 is 7.32. The predicted octanol–water partition coefficient (Wildman–Crippen LogP) is 6.09. The summed E-state index contributed by atoms with van der Waals surface area (Å²) in [5, 5.41) is 24.2. The minimum atomic E-state index is -1.16. The van der Waals surface area contributed by atoms with Crippen LogP contribution in [0.4, 0.5) is 5.13 Å². The molecule has 12 heteroatoms.